The summed E-state index contributed by atoms with van der Waals surface area (Å²) in [6.45, 7) is 1.00. The largest absolute Gasteiger partial charge is 0.481 e. The molecule has 3 heteroatoms. The zero-order valence-corrected chi connectivity index (χ0v) is 10.8. The quantitative estimate of drug-likeness (QED) is 0.870. The number of carboxylic acid groups (broad SMARTS) is 1. The van der Waals surface area contributed by atoms with E-state index in [1.165, 1.54) is 11.3 Å². The third-order valence-electron chi connectivity index (χ3n) is 4.60. The van der Waals surface area contributed by atoms with E-state index in [9.17, 15) is 9.90 Å². The van der Waals surface area contributed by atoms with E-state index in [2.05, 4.69) is 18.0 Å². The summed E-state index contributed by atoms with van der Waals surface area (Å²) < 4.78 is 0. The van der Waals surface area contributed by atoms with Gasteiger partial charge in [-0.05, 0) is 30.4 Å². The van der Waals surface area contributed by atoms with Gasteiger partial charge in [-0.3, -0.25) is 4.79 Å². The van der Waals surface area contributed by atoms with Crippen LogP contribution in [0.25, 0.3) is 0 Å². The number of carbonyl (C=O) groups is 1. The molecule has 1 aromatic carbocycles. The molecule has 0 atom stereocenters. The maximum Gasteiger partial charge on any atom is 0.314 e. The van der Waals surface area contributed by atoms with Crippen molar-refractivity contribution >= 4 is 11.7 Å². The Morgan fingerprint density at radius 2 is 2.06 bits per heavy atom. The van der Waals surface area contributed by atoms with Gasteiger partial charge >= 0.3 is 5.97 Å². The second kappa shape index (κ2) is 4.01. The Morgan fingerprint density at radius 3 is 2.72 bits per heavy atom. The number of hydrogen-bond donors (Lipinski definition) is 1. The smallest absolute Gasteiger partial charge is 0.314 e. The van der Waals surface area contributed by atoms with Gasteiger partial charge in [-0.1, -0.05) is 31.0 Å². The summed E-state index contributed by atoms with van der Waals surface area (Å²) in [6.07, 6.45) is 4.66. The highest BCUT2D eigenvalue weighted by Gasteiger charge is 2.45. The molecule has 0 saturated heterocycles. The lowest BCUT2D eigenvalue weighted by atomic mass is 9.77. The number of hydrogen-bond acceptors (Lipinski definition) is 2. The minimum atomic E-state index is -0.645. The van der Waals surface area contributed by atoms with Crippen LogP contribution in [0.15, 0.2) is 18.2 Å². The van der Waals surface area contributed by atoms with E-state index in [0.717, 1.165) is 44.2 Å². The van der Waals surface area contributed by atoms with Gasteiger partial charge in [0.1, 0.15) is 0 Å². The van der Waals surface area contributed by atoms with Crippen LogP contribution in [0.2, 0.25) is 0 Å². The number of benzene rings is 1. The predicted octanol–water partition coefficient (Wildman–Crippen LogP) is 2.58. The van der Waals surface area contributed by atoms with Crippen molar-refractivity contribution in [2.75, 3.05) is 18.5 Å². The molecule has 96 valence electrons. The van der Waals surface area contributed by atoms with Crippen LogP contribution in [0, 0.1) is 0 Å². The highest BCUT2D eigenvalue weighted by molar-refractivity contribution is 5.85. The molecule has 18 heavy (non-hydrogen) atoms. The van der Waals surface area contributed by atoms with Crippen molar-refractivity contribution in [1.29, 1.82) is 0 Å². The molecule has 1 saturated carbocycles. The van der Waals surface area contributed by atoms with Crippen molar-refractivity contribution in [3.8, 4) is 0 Å². The summed E-state index contributed by atoms with van der Waals surface area (Å²) in [5.41, 5.74) is 2.90. The first-order valence-corrected chi connectivity index (χ1v) is 6.72. The second-order valence-corrected chi connectivity index (χ2v) is 5.58. The molecule has 0 aromatic heterocycles. The Balaban J connectivity index is 2.17. The molecule has 3 nitrogen and oxygen atoms in total. The average molecular weight is 245 g/mol. The van der Waals surface area contributed by atoms with Crippen LogP contribution >= 0.6 is 0 Å². The highest BCUT2D eigenvalue weighted by atomic mass is 16.4. The molecule has 0 spiro atoms. The molecular weight excluding hydrogens is 226 g/mol. The first-order chi connectivity index (χ1) is 8.65. The van der Waals surface area contributed by atoms with Gasteiger partial charge in [-0.15, -0.1) is 0 Å². The van der Waals surface area contributed by atoms with Gasteiger partial charge in [0.25, 0.3) is 0 Å². The number of nitrogens with zero attached hydrogens (tertiary/aromatic N) is 1. The van der Waals surface area contributed by atoms with Crippen LogP contribution in [0.3, 0.4) is 0 Å². The Hall–Kier alpha value is -1.51. The molecule has 2 aliphatic rings. The van der Waals surface area contributed by atoms with Crippen LogP contribution in [0.5, 0.6) is 0 Å². The first-order valence-electron chi connectivity index (χ1n) is 6.72. The normalized spacial score (nSPS) is 21.1. The number of anilines is 1. The number of fused-ring (bicyclic) bond motifs is 1. The Labute approximate surface area is 107 Å². The monoisotopic (exact) mass is 245 g/mol. The Bertz CT molecular complexity index is 489. The minimum Gasteiger partial charge on any atom is -0.481 e. The van der Waals surface area contributed by atoms with Gasteiger partial charge in [-0.2, -0.15) is 0 Å². The Morgan fingerprint density at radius 1 is 1.33 bits per heavy atom. The molecule has 1 aliphatic carbocycles. The predicted molar refractivity (Wildman–Crippen MR) is 71.2 cm³/mol. The van der Waals surface area contributed by atoms with Crippen molar-refractivity contribution in [1.82, 2.24) is 0 Å². The molecule has 1 heterocycles. The summed E-state index contributed by atoms with van der Waals surface area (Å²) in [5, 5.41) is 9.72. The van der Waals surface area contributed by atoms with Crippen molar-refractivity contribution in [3.63, 3.8) is 0 Å². The minimum absolute atomic E-state index is 0.635. The third-order valence-corrected chi connectivity index (χ3v) is 4.60. The highest BCUT2D eigenvalue weighted by Crippen LogP contribution is 2.47. The van der Waals surface area contributed by atoms with Crippen molar-refractivity contribution in [2.45, 2.75) is 37.5 Å². The summed E-state index contributed by atoms with van der Waals surface area (Å²) in [4.78, 5) is 14.0. The molecule has 3 rings (SSSR count). The maximum atomic E-state index is 11.8. The summed E-state index contributed by atoms with van der Waals surface area (Å²) in [5.74, 6) is -0.645. The zero-order chi connectivity index (χ0) is 12.8. The fourth-order valence-corrected chi connectivity index (χ4v) is 3.61. The van der Waals surface area contributed by atoms with Gasteiger partial charge < -0.3 is 10.0 Å². The van der Waals surface area contributed by atoms with Crippen LogP contribution in [-0.2, 0) is 16.6 Å². The van der Waals surface area contributed by atoms with Gasteiger partial charge in [0.05, 0.1) is 5.41 Å². The van der Waals surface area contributed by atoms with Gasteiger partial charge in [0, 0.05) is 19.3 Å². The number of likely N-dealkylation sites (N-methyl/N-ethyl adjacent to an activating group) is 1. The van der Waals surface area contributed by atoms with E-state index in [-0.39, 0.29) is 0 Å². The molecule has 0 bridgehead atoms. The lowest BCUT2D eigenvalue weighted by molar-refractivity contribution is -0.143. The van der Waals surface area contributed by atoms with Gasteiger partial charge in [-0.25, -0.2) is 0 Å². The van der Waals surface area contributed by atoms with E-state index < -0.39 is 11.4 Å². The van der Waals surface area contributed by atoms with E-state index in [0.29, 0.717) is 0 Å². The van der Waals surface area contributed by atoms with Gasteiger partial charge in [0.15, 0.2) is 0 Å². The van der Waals surface area contributed by atoms with Crippen molar-refractivity contribution < 1.29 is 9.90 Å². The number of rotatable bonds is 2. The average Bonchev–Trinajstić information content (AvgIpc) is 2.97. The van der Waals surface area contributed by atoms with E-state index in [4.69, 9.17) is 0 Å². The van der Waals surface area contributed by atoms with Crippen LogP contribution in [-0.4, -0.2) is 24.7 Å². The van der Waals surface area contributed by atoms with Crippen molar-refractivity contribution in [3.05, 3.63) is 29.3 Å². The molecule has 1 aliphatic heterocycles. The fraction of sp³-hybridized carbons (Fsp3) is 0.533. The summed E-state index contributed by atoms with van der Waals surface area (Å²) >= 11 is 0. The molecule has 0 radical (unpaired) electrons. The molecular formula is C15H19NO2. The molecule has 0 unspecified atom stereocenters. The first kappa shape index (κ1) is 11.6. The zero-order valence-electron chi connectivity index (χ0n) is 10.8. The van der Waals surface area contributed by atoms with Crippen LogP contribution < -0.4 is 4.90 Å². The van der Waals surface area contributed by atoms with E-state index in [1.807, 2.05) is 12.1 Å². The Kier molecular flexibility index (Phi) is 2.58. The number of para-hydroxylation sites is 1. The van der Waals surface area contributed by atoms with Crippen LogP contribution in [0.1, 0.15) is 36.8 Å². The van der Waals surface area contributed by atoms with Gasteiger partial charge in [0.2, 0.25) is 0 Å². The fourth-order valence-electron chi connectivity index (χ4n) is 3.61. The molecule has 1 fully saturated rings. The maximum absolute atomic E-state index is 11.8. The van der Waals surface area contributed by atoms with E-state index >= 15 is 0 Å². The second-order valence-electron chi connectivity index (χ2n) is 5.58. The third kappa shape index (κ3) is 1.46. The number of aliphatic carboxylic acids is 1. The summed E-state index contributed by atoms with van der Waals surface area (Å²) in [6, 6.07) is 6.18. The topological polar surface area (TPSA) is 40.5 Å². The molecule has 0 amide bonds. The lowest BCUT2D eigenvalue weighted by Gasteiger charge is -2.29. The number of carboxylic acids is 1. The lowest BCUT2D eigenvalue weighted by Crippen LogP contribution is -2.34. The summed E-state index contributed by atoms with van der Waals surface area (Å²) in [7, 11) is 2.07. The molecule has 1 aromatic rings. The van der Waals surface area contributed by atoms with Crippen LogP contribution in [0.4, 0.5) is 5.69 Å². The SMILES string of the molecule is CN1CCc2cccc(C3(C(=O)O)CCCC3)c21. The molecule has 1 N–H and O–H groups in total. The van der Waals surface area contributed by atoms with E-state index in [1.54, 1.807) is 0 Å². The standard InChI is InChI=1S/C15H19NO2/c1-16-10-7-11-5-4-6-12(13(11)16)15(14(17)18)8-2-3-9-15/h4-6H,2-3,7-10H2,1H3,(H,17,18). The van der Waals surface area contributed by atoms with Crippen molar-refractivity contribution in [2.24, 2.45) is 0 Å².